The number of carbonyl (C=O) groups is 3. The number of fused-ring (bicyclic) bond motifs is 3. The van der Waals surface area contributed by atoms with Crippen LogP contribution in [0.1, 0.15) is 44.1 Å². The molecule has 214 valence electrons. The summed E-state index contributed by atoms with van der Waals surface area (Å²) in [7, 11) is 0. The topological polar surface area (TPSA) is 91.6 Å². The molecule has 8 nitrogen and oxygen atoms in total. The highest BCUT2D eigenvalue weighted by atomic mass is 32.2. The van der Waals surface area contributed by atoms with Crippen molar-refractivity contribution in [2.75, 3.05) is 43.4 Å². The zero-order valence-corrected chi connectivity index (χ0v) is 24.1. The van der Waals surface area contributed by atoms with E-state index in [4.69, 9.17) is 14.7 Å². The lowest BCUT2D eigenvalue weighted by atomic mass is 9.90. The van der Waals surface area contributed by atoms with Crippen LogP contribution in [-0.4, -0.2) is 83.8 Å². The lowest BCUT2D eigenvalue weighted by Crippen LogP contribution is -2.48. The molecule has 4 aliphatic rings. The van der Waals surface area contributed by atoms with E-state index >= 15 is 0 Å². The Kier molecular flexibility index (Phi) is 8.62. The third-order valence-corrected chi connectivity index (χ3v) is 9.46. The second-order valence-corrected chi connectivity index (χ2v) is 12.1. The molecule has 4 heterocycles. The molecule has 0 aliphatic carbocycles. The number of hydrogen-bond acceptors (Lipinski definition) is 8. The van der Waals surface area contributed by atoms with Crippen molar-refractivity contribution in [1.82, 2.24) is 4.90 Å². The Bertz CT molecular complexity index is 1350. The van der Waals surface area contributed by atoms with Gasteiger partial charge in [0.05, 0.1) is 28.3 Å². The molecule has 0 aromatic heterocycles. The van der Waals surface area contributed by atoms with Gasteiger partial charge in [0.1, 0.15) is 17.7 Å². The van der Waals surface area contributed by atoms with E-state index in [1.165, 1.54) is 17.4 Å². The van der Waals surface area contributed by atoms with Gasteiger partial charge in [-0.15, -0.1) is 11.8 Å². The zero-order valence-electron chi connectivity index (χ0n) is 23.2. The molecule has 3 unspecified atom stereocenters. The lowest BCUT2D eigenvalue weighted by Gasteiger charge is -2.36. The second-order valence-electron chi connectivity index (χ2n) is 11.1. The molecule has 9 heteroatoms. The first-order chi connectivity index (χ1) is 20.1. The monoisotopic (exact) mass is 572 g/mol. The first-order valence-electron chi connectivity index (χ1n) is 14.7. The van der Waals surface area contributed by atoms with E-state index < -0.39 is 12.0 Å². The van der Waals surface area contributed by atoms with Gasteiger partial charge in [0.2, 0.25) is 5.91 Å². The van der Waals surface area contributed by atoms with Crippen LogP contribution in [0, 0.1) is 5.92 Å². The van der Waals surface area contributed by atoms with Gasteiger partial charge in [-0.05, 0) is 43.9 Å². The molecule has 4 aliphatic heterocycles. The molecule has 0 spiro atoms. The molecule has 3 atom stereocenters. The third kappa shape index (κ3) is 6.31. The Morgan fingerprint density at radius 2 is 1.73 bits per heavy atom. The number of ether oxygens (including phenoxy) is 1. The van der Waals surface area contributed by atoms with Gasteiger partial charge >= 0.3 is 0 Å². The number of rotatable bonds is 9. The van der Waals surface area contributed by atoms with Gasteiger partial charge < -0.3 is 14.5 Å². The number of benzene rings is 2. The molecule has 6 rings (SSSR count). The van der Waals surface area contributed by atoms with E-state index in [1.54, 1.807) is 0 Å². The summed E-state index contributed by atoms with van der Waals surface area (Å²) < 4.78 is 5.65. The molecule has 41 heavy (non-hydrogen) atoms. The summed E-state index contributed by atoms with van der Waals surface area (Å²) in [5.41, 5.74) is 3.54. The number of thioether (sulfide) groups is 1. The van der Waals surface area contributed by atoms with E-state index in [0.717, 1.165) is 55.9 Å². The average molecular weight is 573 g/mol. The van der Waals surface area contributed by atoms with Crippen LogP contribution in [0.25, 0.3) is 0 Å². The maximum Gasteiger partial charge on any atom is 0.222 e. The minimum atomic E-state index is -0.572. The van der Waals surface area contributed by atoms with Crippen molar-refractivity contribution < 1.29 is 19.1 Å². The Balaban J connectivity index is 1.06. The maximum atomic E-state index is 13.7. The summed E-state index contributed by atoms with van der Waals surface area (Å²) in [6.07, 6.45) is 4.17. The molecular formula is C32H36N4O4S. The van der Waals surface area contributed by atoms with E-state index in [2.05, 4.69) is 17.0 Å². The number of para-hydroxylation sites is 2. The summed E-state index contributed by atoms with van der Waals surface area (Å²) in [6, 6.07) is 17.4. The van der Waals surface area contributed by atoms with Crippen molar-refractivity contribution in [2.45, 2.75) is 50.7 Å². The predicted octanol–water partition coefficient (Wildman–Crippen LogP) is 4.48. The standard InChI is InChI=1S/C32H36N4O4S/c37-23(12-13-24-9-6-20-40-24)21-41-32-29-30(25-10-4-5-11-26(25)34-32)33-27(31(29)39)14-15-28(38)36-18-16-35(17-19-36)22-7-2-1-3-8-22/h1-5,7-8,10-11,24,27,29H,6,9,12-21H2. The molecule has 2 aromatic carbocycles. The molecule has 2 fully saturated rings. The third-order valence-electron chi connectivity index (χ3n) is 8.37. The van der Waals surface area contributed by atoms with Gasteiger partial charge in [-0.2, -0.15) is 0 Å². The number of aliphatic imine (C=N–C) groups is 2. The average Bonchev–Trinajstić information content (AvgIpc) is 3.66. The summed E-state index contributed by atoms with van der Waals surface area (Å²) in [4.78, 5) is 53.3. The van der Waals surface area contributed by atoms with Crippen molar-refractivity contribution in [2.24, 2.45) is 15.9 Å². The quantitative estimate of drug-likeness (QED) is 0.440. The second kappa shape index (κ2) is 12.7. The first-order valence-corrected chi connectivity index (χ1v) is 15.7. The Hall–Kier alpha value is -3.30. The van der Waals surface area contributed by atoms with Crippen LogP contribution in [0.2, 0.25) is 0 Å². The van der Waals surface area contributed by atoms with Crippen LogP contribution in [-0.2, 0) is 19.1 Å². The van der Waals surface area contributed by atoms with E-state index in [9.17, 15) is 14.4 Å². The molecule has 1 amide bonds. The van der Waals surface area contributed by atoms with E-state index in [1.807, 2.05) is 47.4 Å². The van der Waals surface area contributed by atoms with Crippen LogP contribution in [0.5, 0.6) is 0 Å². The van der Waals surface area contributed by atoms with Crippen LogP contribution in [0.3, 0.4) is 0 Å². The summed E-state index contributed by atoms with van der Waals surface area (Å²) in [5, 5.41) is 0.642. The number of amides is 1. The number of Topliss-reactive ketones (excluding diaryl/α,β-unsaturated/α-hetero) is 2. The molecule has 2 aromatic rings. The number of nitrogens with zero attached hydrogens (tertiary/aromatic N) is 4. The molecule has 0 bridgehead atoms. The lowest BCUT2D eigenvalue weighted by molar-refractivity contribution is -0.131. The zero-order chi connectivity index (χ0) is 28.2. The van der Waals surface area contributed by atoms with Gasteiger partial charge in [0.25, 0.3) is 0 Å². The van der Waals surface area contributed by atoms with Crippen molar-refractivity contribution in [3.05, 3.63) is 60.2 Å². The van der Waals surface area contributed by atoms with E-state index in [0.29, 0.717) is 31.0 Å². The largest absolute Gasteiger partial charge is 0.378 e. The van der Waals surface area contributed by atoms with E-state index in [-0.39, 0.29) is 35.8 Å². The molecular weight excluding hydrogens is 536 g/mol. The Labute approximate surface area is 245 Å². The molecule has 2 saturated heterocycles. The van der Waals surface area contributed by atoms with Crippen molar-refractivity contribution in [3.63, 3.8) is 0 Å². The van der Waals surface area contributed by atoms with Crippen LogP contribution >= 0.6 is 11.8 Å². The number of ketones is 2. The maximum absolute atomic E-state index is 13.7. The fraction of sp³-hybridized carbons (Fsp3) is 0.469. The Morgan fingerprint density at radius 3 is 2.51 bits per heavy atom. The Morgan fingerprint density at radius 1 is 0.951 bits per heavy atom. The molecule has 0 saturated carbocycles. The number of anilines is 1. The summed E-state index contributed by atoms with van der Waals surface area (Å²) in [5.74, 6) is -0.0840. The van der Waals surface area contributed by atoms with Gasteiger partial charge in [-0.25, -0.2) is 4.99 Å². The van der Waals surface area contributed by atoms with Gasteiger partial charge in [-0.1, -0.05) is 36.4 Å². The number of hydrogen-bond donors (Lipinski definition) is 0. The molecule has 0 N–H and O–H groups in total. The normalized spacial score (nSPS) is 23.6. The van der Waals surface area contributed by atoms with Gasteiger partial charge in [0, 0.05) is 56.9 Å². The highest BCUT2D eigenvalue weighted by molar-refractivity contribution is 8.14. The van der Waals surface area contributed by atoms with Gasteiger partial charge in [-0.3, -0.25) is 19.4 Å². The van der Waals surface area contributed by atoms with Crippen molar-refractivity contribution in [1.29, 1.82) is 0 Å². The predicted molar refractivity (Wildman–Crippen MR) is 163 cm³/mol. The highest BCUT2D eigenvalue weighted by Crippen LogP contribution is 2.38. The minimum absolute atomic E-state index is 0.0192. The summed E-state index contributed by atoms with van der Waals surface area (Å²) in [6.45, 7) is 3.72. The number of piperazine rings is 1. The fourth-order valence-electron chi connectivity index (χ4n) is 6.08. The minimum Gasteiger partial charge on any atom is -0.378 e. The van der Waals surface area contributed by atoms with Crippen LogP contribution in [0.4, 0.5) is 11.4 Å². The molecule has 0 radical (unpaired) electrons. The summed E-state index contributed by atoms with van der Waals surface area (Å²) >= 11 is 1.36. The van der Waals surface area contributed by atoms with Crippen molar-refractivity contribution >= 4 is 51.4 Å². The van der Waals surface area contributed by atoms with Crippen molar-refractivity contribution in [3.8, 4) is 0 Å². The smallest absolute Gasteiger partial charge is 0.222 e. The van der Waals surface area contributed by atoms with Crippen LogP contribution < -0.4 is 4.90 Å². The number of carbonyl (C=O) groups excluding carboxylic acids is 3. The fourth-order valence-corrected chi connectivity index (χ4v) is 7.09. The van der Waals surface area contributed by atoms with Crippen LogP contribution in [0.15, 0.2) is 64.6 Å². The SMILES string of the molecule is O=C(CCC1CCCO1)CSC1=Nc2ccccc2C2=NC(CCC(=O)N3CCN(c4ccccc4)CC3)C(=O)C12. The first kappa shape index (κ1) is 27.8. The highest BCUT2D eigenvalue weighted by Gasteiger charge is 2.44. The van der Waals surface area contributed by atoms with Gasteiger partial charge in [0.15, 0.2) is 5.78 Å².